The highest BCUT2D eigenvalue weighted by molar-refractivity contribution is 5.93. The summed E-state index contributed by atoms with van der Waals surface area (Å²) in [5.74, 6) is 1.67. The molecule has 1 aromatic rings. The van der Waals surface area contributed by atoms with Gasteiger partial charge < -0.3 is 14.5 Å². The molecule has 2 amide bonds. The van der Waals surface area contributed by atoms with E-state index in [0.29, 0.717) is 18.3 Å². The molecular formula is C10H13N3O3. The summed E-state index contributed by atoms with van der Waals surface area (Å²) in [5, 5.41) is 13.6. The number of likely N-dealkylation sites (N-methyl/N-ethyl adjacent to an activating group) is 1. The van der Waals surface area contributed by atoms with Crippen LogP contribution in [0, 0.1) is 0 Å². The molecule has 1 aromatic heterocycles. The minimum absolute atomic E-state index is 0.247. The van der Waals surface area contributed by atoms with Crippen molar-refractivity contribution in [2.45, 2.75) is 25.0 Å². The van der Waals surface area contributed by atoms with Crippen LogP contribution in [0.25, 0.3) is 0 Å². The molecule has 1 atom stereocenters. The van der Waals surface area contributed by atoms with Crippen LogP contribution >= 0.6 is 0 Å². The van der Waals surface area contributed by atoms with Crippen molar-refractivity contribution in [3.8, 4) is 0 Å². The molecule has 2 aliphatic rings. The van der Waals surface area contributed by atoms with E-state index in [1.165, 1.54) is 9.80 Å². The zero-order chi connectivity index (χ0) is 11.3. The molecule has 0 bridgehead atoms. The summed E-state index contributed by atoms with van der Waals surface area (Å²) in [6.07, 6.45) is 1.39. The lowest BCUT2D eigenvalue weighted by atomic mass is 10.3. The first-order valence-electron chi connectivity index (χ1n) is 5.36. The fourth-order valence-corrected chi connectivity index (χ4v) is 1.92. The molecule has 2 heterocycles. The quantitative estimate of drug-likeness (QED) is 0.802. The van der Waals surface area contributed by atoms with Crippen LogP contribution in [0.15, 0.2) is 10.6 Å². The third kappa shape index (κ3) is 1.37. The monoisotopic (exact) mass is 223 g/mol. The SMILES string of the molecule is CN1CC(O)N(c2cc(C3CC3)on2)C1=O. The van der Waals surface area contributed by atoms with E-state index in [9.17, 15) is 9.90 Å². The molecule has 1 aliphatic heterocycles. The van der Waals surface area contributed by atoms with Crippen LogP contribution in [-0.4, -0.2) is 41.0 Å². The van der Waals surface area contributed by atoms with Gasteiger partial charge in [-0.2, -0.15) is 0 Å². The highest BCUT2D eigenvalue weighted by Crippen LogP contribution is 2.41. The maximum atomic E-state index is 11.7. The van der Waals surface area contributed by atoms with Crippen LogP contribution in [0.3, 0.4) is 0 Å². The number of rotatable bonds is 2. The molecule has 0 aromatic carbocycles. The van der Waals surface area contributed by atoms with Crippen molar-refractivity contribution >= 4 is 11.8 Å². The van der Waals surface area contributed by atoms with E-state index in [0.717, 1.165) is 18.6 Å². The second kappa shape index (κ2) is 3.21. The van der Waals surface area contributed by atoms with E-state index in [1.807, 2.05) is 0 Å². The largest absolute Gasteiger partial charge is 0.371 e. The van der Waals surface area contributed by atoms with Gasteiger partial charge in [-0.15, -0.1) is 0 Å². The van der Waals surface area contributed by atoms with Crippen molar-refractivity contribution in [2.24, 2.45) is 0 Å². The average Bonchev–Trinajstić information content (AvgIpc) is 2.93. The van der Waals surface area contributed by atoms with Gasteiger partial charge >= 0.3 is 6.03 Å². The Morgan fingerprint density at radius 1 is 1.56 bits per heavy atom. The van der Waals surface area contributed by atoms with Gasteiger partial charge in [-0.05, 0) is 12.8 Å². The summed E-state index contributed by atoms with van der Waals surface area (Å²) in [5.41, 5.74) is 0. The second-order valence-corrected chi connectivity index (χ2v) is 4.38. The highest BCUT2D eigenvalue weighted by atomic mass is 16.5. The Morgan fingerprint density at radius 2 is 2.31 bits per heavy atom. The van der Waals surface area contributed by atoms with E-state index >= 15 is 0 Å². The number of urea groups is 1. The lowest BCUT2D eigenvalue weighted by Crippen LogP contribution is -2.34. The van der Waals surface area contributed by atoms with Crippen LogP contribution in [0.2, 0.25) is 0 Å². The lowest BCUT2D eigenvalue weighted by molar-refractivity contribution is 0.182. The van der Waals surface area contributed by atoms with E-state index in [1.54, 1.807) is 13.1 Å². The van der Waals surface area contributed by atoms with E-state index < -0.39 is 6.23 Å². The standard InChI is InChI=1S/C10H13N3O3/c1-12-5-9(14)13(10(12)15)8-4-7(16-11-8)6-2-3-6/h4,6,9,14H,2-3,5H2,1H3. The molecule has 1 saturated carbocycles. The van der Waals surface area contributed by atoms with Crippen LogP contribution in [-0.2, 0) is 0 Å². The molecular weight excluding hydrogens is 210 g/mol. The number of hydrogen-bond donors (Lipinski definition) is 1. The average molecular weight is 223 g/mol. The van der Waals surface area contributed by atoms with Crippen LogP contribution in [0.4, 0.5) is 10.6 Å². The number of anilines is 1. The summed E-state index contributed by atoms with van der Waals surface area (Å²) >= 11 is 0. The van der Waals surface area contributed by atoms with Crippen molar-refractivity contribution in [3.05, 3.63) is 11.8 Å². The summed E-state index contributed by atoms with van der Waals surface area (Å²) in [4.78, 5) is 14.4. The van der Waals surface area contributed by atoms with E-state index in [2.05, 4.69) is 5.16 Å². The van der Waals surface area contributed by atoms with Crippen LogP contribution in [0.1, 0.15) is 24.5 Å². The number of carbonyl (C=O) groups is 1. The Bertz CT molecular complexity index is 427. The number of β-amino-alcohol motifs (C(OH)–C–C–N with tert-alkyl or cyclic N) is 1. The highest BCUT2D eigenvalue weighted by Gasteiger charge is 2.38. The number of aliphatic hydroxyl groups excluding tert-OH is 1. The molecule has 1 unspecified atom stereocenters. The van der Waals surface area contributed by atoms with Crippen molar-refractivity contribution < 1.29 is 14.4 Å². The van der Waals surface area contributed by atoms with Crippen molar-refractivity contribution in [1.82, 2.24) is 10.1 Å². The zero-order valence-corrected chi connectivity index (χ0v) is 8.96. The summed E-state index contributed by atoms with van der Waals surface area (Å²) in [6, 6.07) is 1.50. The molecule has 0 radical (unpaired) electrons. The maximum Gasteiger partial charge on any atom is 0.327 e. The topological polar surface area (TPSA) is 69.8 Å². The van der Waals surface area contributed by atoms with Crippen LogP contribution in [0.5, 0.6) is 0 Å². The lowest BCUT2D eigenvalue weighted by Gasteiger charge is -2.14. The van der Waals surface area contributed by atoms with Gasteiger partial charge in [-0.1, -0.05) is 5.16 Å². The summed E-state index contributed by atoms with van der Waals surface area (Å²) in [6.45, 7) is 0.296. The van der Waals surface area contributed by atoms with Gasteiger partial charge in [0.15, 0.2) is 12.0 Å². The zero-order valence-electron chi connectivity index (χ0n) is 8.96. The fraction of sp³-hybridized carbons (Fsp3) is 0.600. The van der Waals surface area contributed by atoms with Crippen molar-refractivity contribution in [3.63, 3.8) is 0 Å². The van der Waals surface area contributed by atoms with Gasteiger partial charge in [0, 0.05) is 19.0 Å². The fourth-order valence-electron chi connectivity index (χ4n) is 1.92. The molecule has 86 valence electrons. The molecule has 3 rings (SSSR count). The molecule has 0 spiro atoms. The summed E-state index contributed by atoms with van der Waals surface area (Å²) in [7, 11) is 1.65. The number of aromatic nitrogens is 1. The van der Waals surface area contributed by atoms with Gasteiger partial charge in [-0.25, -0.2) is 9.69 Å². The molecule has 2 fully saturated rings. The van der Waals surface area contributed by atoms with Crippen LogP contribution < -0.4 is 4.90 Å². The Labute approximate surface area is 92.4 Å². The van der Waals surface area contributed by atoms with Gasteiger partial charge in [0.2, 0.25) is 0 Å². The number of carbonyl (C=O) groups excluding carboxylic acids is 1. The van der Waals surface area contributed by atoms with E-state index in [-0.39, 0.29) is 6.03 Å². The van der Waals surface area contributed by atoms with Gasteiger partial charge in [0.25, 0.3) is 0 Å². The predicted octanol–water partition coefficient (Wildman–Crippen LogP) is 0.742. The minimum atomic E-state index is -0.838. The Morgan fingerprint density at radius 3 is 2.88 bits per heavy atom. The smallest absolute Gasteiger partial charge is 0.327 e. The number of amides is 2. The Kier molecular flexibility index (Phi) is 1.94. The normalized spacial score (nSPS) is 25.6. The Balaban J connectivity index is 1.87. The van der Waals surface area contributed by atoms with Gasteiger partial charge in [0.05, 0.1) is 6.54 Å². The molecule has 6 nitrogen and oxygen atoms in total. The number of hydrogen-bond acceptors (Lipinski definition) is 4. The predicted molar refractivity (Wildman–Crippen MR) is 55.0 cm³/mol. The minimum Gasteiger partial charge on any atom is -0.371 e. The Hall–Kier alpha value is -1.56. The molecule has 16 heavy (non-hydrogen) atoms. The van der Waals surface area contributed by atoms with Gasteiger partial charge in [0.1, 0.15) is 5.76 Å². The third-order valence-corrected chi connectivity index (χ3v) is 3.01. The summed E-state index contributed by atoms with van der Waals surface area (Å²) < 4.78 is 5.16. The first-order chi connectivity index (χ1) is 7.66. The van der Waals surface area contributed by atoms with Crippen molar-refractivity contribution in [2.75, 3.05) is 18.5 Å². The number of aliphatic hydroxyl groups is 1. The van der Waals surface area contributed by atoms with Crippen molar-refractivity contribution in [1.29, 1.82) is 0 Å². The first-order valence-corrected chi connectivity index (χ1v) is 5.36. The van der Waals surface area contributed by atoms with E-state index in [4.69, 9.17) is 4.52 Å². The molecule has 1 N–H and O–H groups in total. The first kappa shape index (κ1) is 9.65. The maximum absolute atomic E-state index is 11.7. The molecule has 1 saturated heterocycles. The molecule has 1 aliphatic carbocycles. The molecule has 6 heteroatoms. The number of nitrogens with zero attached hydrogens (tertiary/aromatic N) is 3. The second-order valence-electron chi connectivity index (χ2n) is 4.38. The third-order valence-electron chi connectivity index (χ3n) is 3.01. The van der Waals surface area contributed by atoms with Gasteiger partial charge in [-0.3, -0.25) is 0 Å².